The summed E-state index contributed by atoms with van der Waals surface area (Å²) >= 11 is 3.46. The van der Waals surface area contributed by atoms with Crippen molar-refractivity contribution >= 4 is 64.7 Å². The minimum absolute atomic E-state index is 0. The molecule has 0 fully saturated rings. The van der Waals surface area contributed by atoms with Crippen LogP contribution in [0.4, 0.5) is 0 Å². The van der Waals surface area contributed by atoms with Crippen molar-refractivity contribution in [2.75, 3.05) is 0 Å². The van der Waals surface area contributed by atoms with Gasteiger partial charge < -0.3 is 22.4 Å². The maximum Gasteiger partial charge on any atom is 3.00 e. The van der Waals surface area contributed by atoms with Crippen LogP contribution in [-0.2, 0) is 20.1 Å². The van der Waals surface area contributed by atoms with Crippen LogP contribution in [0.1, 0.15) is 0 Å². The van der Waals surface area contributed by atoms with Crippen LogP contribution in [0.15, 0.2) is 195 Å². The largest absolute Gasteiger partial charge is 3.00 e. The third-order valence-electron chi connectivity index (χ3n) is 9.28. The second kappa shape index (κ2) is 19.0. The molecule has 280 valence electrons. The van der Waals surface area contributed by atoms with Crippen LogP contribution in [0, 0.1) is 12.1 Å². The van der Waals surface area contributed by atoms with Gasteiger partial charge in [0.15, 0.2) is 0 Å². The van der Waals surface area contributed by atoms with E-state index in [4.69, 9.17) is 0 Å². The molecule has 11 rings (SSSR count). The smallest absolute Gasteiger partial charge is 1.00 e. The Kier molecular flexibility index (Phi) is 13.2. The Morgan fingerprint density at radius 1 is 0.362 bits per heavy atom. The zero-order chi connectivity index (χ0) is 37.5. The maximum atomic E-state index is 4.67. The molecule has 0 atom stereocenters. The van der Waals surface area contributed by atoms with E-state index < -0.39 is 0 Å². The summed E-state index contributed by atoms with van der Waals surface area (Å²) in [5.41, 5.74) is 8.64. The Bertz CT molecular complexity index is 2760. The molecular formula is C50H32ClIrN4S2. The Hall–Kier alpha value is -5.92. The van der Waals surface area contributed by atoms with Crippen molar-refractivity contribution in [1.82, 2.24) is 19.9 Å². The number of fused-ring (bicyclic) bond motifs is 5. The minimum atomic E-state index is 0. The van der Waals surface area contributed by atoms with Crippen molar-refractivity contribution in [1.29, 1.82) is 0 Å². The van der Waals surface area contributed by atoms with Gasteiger partial charge in [0.05, 0.1) is 11.0 Å². The van der Waals surface area contributed by atoms with Crippen LogP contribution >= 0.6 is 22.7 Å². The predicted molar refractivity (Wildman–Crippen MR) is 236 cm³/mol. The van der Waals surface area contributed by atoms with E-state index in [1.54, 1.807) is 22.7 Å². The summed E-state index contributed by atoms with van der Waals surface area (Å²) in [4.78, 5) is 20.2. The Morgan fingerprint density at radius 3 is 1.16 bits per heavy atom. The molecule has 0 amide bonds. The molecule has 0 spiro atoms. The summed E-state index contributed by atoms with van der Waals surface area (Å²) < 4.78 is 2.52. The first-order chi connectivity index (χ1) is 27.8. The molecule has 0 saturated heterocycles. The predicted octanol–water partition coefficient (Wildman–Crippen LogP) is 10.6. The van der Waals surface area contributed by atoms with Gasteiger partial charge >= 0.3 is 20.1 Å². The SMILES string of the molecule is [Cl-].[Ir+3].[c-]1c(-c2ccccn2)sc2ccccc12.[c-]1c(-c2ccccn2)sc2ccccc12.c1ccc(-c2ccnc3c2ccc2c(-c4ccccc4)ccnc23)cc1. The average molecular weight is 981 g/mol. The fraction of sp³-hybridized carbons (Fsp3) is 0. The van der Waals surface area contributed by atoms with Gasteiger partial charge in [-0.3, -0.25) is 9.97 Å². The van der Waals surface area contributed by atoms with Gasteiger partial charge in [-0.2, -0.15) is 0 Å². The zero-order valence-electron chi connectivity index (χ0n) is 30.8. The normalized spacial score (nSPS) is 10.5. The van der Waals surface area contributed by atoms with Crippen LogP contribution in [0.25, 0.3) is 85.4 Å². The van der Waals surface area contributed by atoms with Crippen LogP contribution in [0.2, 0.25) is 0 Å². The van der Waals surface area contributed by atoms with E-state index in [1.165, 1.54) is 42.4 Å². The number of aromatic nitrogens is 4. The van der Waals surface area contributed by atoms with Crippen LogP contribution < -0.4 is 12.4 Å². The second-order valence-electron chi connectivity index (χ2n) is 12.8. The average Bonchev–Trinajstić information content (AvgIpc) is 3.93. The van der Waals surface area contributed by atoms with Crippen molar-refractivity contribution in [3.8, 4) is 43.4 Å². The summed E-state index contributed by atoms with van der Waals surface area (Å²) in [5.74, 6) is 0. The Balaban J connectivity index is 0.000000138. The minimum Gasteiger partial charge on any atom is -1.00 e. The first kappa shape index (κ1) is 40.3. The van der Waals surface area contributed by atoms with Gasteiger partial charge in [-0.1, -0.05) is 121 Å². The molecule has 0 bridgehead atoms. The van der Waals surface area contributed by atoms with Crippen molar-refractivity contribution in [3.63, 3.8) is 0 Å². The molecule has 0 aliphatic carbocycles. The van der Waals surface area contributed by atoms with Gasteiger partial charge in [-0.25, -0.2) is 22.7 Å². The number of hydrogen-bond donors (Lipinski definition) is 0. The molecule has 8 heteroatoms. The molecule has 58 heavy (non-hydrogen) atoms. The molecular weight excluding hydrogens is 948 g/mol. The summed E-state index contributed by atoms with van der Waals surface area (Å²) in [5, 5.41) is 4.60. The number of halogens is 1. The van der Waals surface area contributed by atoms with Crippen molar-refractivity contribution in [2.24, 2.45) is 0 Å². The van der Waals surface area contributed by atoms with Gasteiger partial charge in [0.25, 0.3) is 0 Å². The summed E-state index contributed by atoms with van der Waals surface area (Å²) in [7, 11) is 0. The van der Waals surface area contributed by atoms with E-state index >= 15 is 0 Å². The van der Waals surface area contributed by atoms with Crippen LogP contribution in [0.5, 0.6) is 0 Å². The fourth-order valence-electron chi connectivity index (χ4n) is 6.63. The molecule has 4 nitrogen and oxygen atoms in total. The van der Waals surface area contributed by atoms with Gasteiger partial charge in [0.1, 0.15) is 0 Å². The quantitative estimate of drug-likeness (QED) is 0.130. The van der Waals surface area contributed by atoms with Gasteiger partial charge in [-0.15, -0.1) is 47.2 Å². The van der Waals surface area contributed by atoms with Crippen molar-refractivity contribution in [3.05, 3.63) is 207 Å². The number of pyridine rings is 4. The third kappa shape index (κ3) is 8.80. The number of benzene rings is 5. The molecule has 0 aliphatic heterocycles. The van der Waals surface area contributed by atoms with E-state index in [0.717, 1.165) is 42.9 Å². The standard InChI is InChI=1S/C24H16N2.2C13H8NS.ClH.Ir/c1-3-7-17(8-4-1)19-13-15-25-23-21(19)11-12-22-20(14-16-26-24(22)23)18-9-5-2-6-10-18;2*1-2-7-12-10(5-1)9-13(15-12)11-6-3-4-8-14-11;;/h1-16H;2*1-8H;1H;/q;2*-1;;+3/p-1. The topological polar surface area (TPSA) is 51.6 Å². The van der Waals surface area contributed by atoms with Crippen molar-refractivity contribution < 1.29 is 32.5 Å². The molecule has 5 aromatic carbocycles. The molecule has 0 radical (unpaired) electrons. The van der Waals surface area contributed by atoms with E-state index in [0.29, 0.717) is 0 Å². The molecule has 6 heterocycles. The summed E-state index contributed by atoms with van der Waals surface area (Å²) in [6.07, 6.45) is 7.38. The number of thiophene rings is 2. The monoisotopic (exact) mass is 980 g/mol. The summed E-state index contributed by atoms with van der Waals surface area (Å²) in [6, 6.07) is 64.5. The van der Waals surface area contributed by atoms with Crippen molar-refractivity contribution in [2.45, 2.75) is 0 Å². The molecule has 11 aromatic rings. The zero-order valence-corrected chi connectivity index (χ0v) is 35.6. The van der Waals surface area contributed by atoms with E-state index in [-0.39, 0.29) is 32.5 Å². The molecule has 0 aliphatic rings. The van der Waals surface area contributed by atoms with Crippen LogP contribution in [0.3, 0.4) is 0 Å². The molecule has 0 unspecified atom stereocenters. The first-order valence-electron chi connectivity index (χ1n) is 18.2. The first-order valence-corrected chi connectivity index (χ1v) is 19.8. The van der Waals surface area contributed by atoms with Gasteiger partial charge in [-0.05, 0) is 65.7 Å². The fourth-order valence-corrected chi connectivity index (χ4v) is 8.59. The number of hydrogen-bond acceptors (Lipinski definition) is 6. The molecule has 6 aromatic heterocycles. The van der Waals surface area contributed by atoms with E-state index in [9.17, 15) is 0 Å². The summed E-state index contributed by atoms with van der Waals surface area (Å²) in [6.45, 7) is 0. The van der Waals surface area contributed by atoms with Gasteiger partial charge in [0, 0.05) is 46.9 Å². The Morgan fingerprint density at radius 2 is 0.759 bits per heavy atom. The molecule has 0 N–H and O–H groups in total. The van der Waals surface area contributed by atoms with E-state index in [2.05, 4.69) is 141 Å². The number of rotatable bonds is 4. The third-order valence-corrected chi connectivity index (χ3v) is 11.5. The maximum absolute atomic E-state index is 4.67. The van der Waals surface area contributed by atoms with Crippen LogP contribution in [-0.4, -0.2) is 19.9 Å². The van der Waals surface area contributed by atoms with Gasteiger partial charge in [0.2, 0.25) is 0 Å². The second-order valence-corrected chi connectivity index (χ2v) is 14.9. The molecule has 0 saturated carbocycles. The Labute approximate surface area is 364 Å². The van der Waals surface area contributed by atoms with E-state index in [1.807, 2.05) is 85.5 Å². The number of nitrogens with zero attached hydrogens (tertiary/aromatic N) is 4.